The molecule has 1 rings (SSSR count). The molecule has 0 saturated carbocycles. The monoisotopic (exact) mass is 226 g/mol. The fourth-order valence-electron chi connectivity index (χ4n) is 1.26. The van der Waals surface area contributed by atoms with Gasteiger partial charge in [-0.25, -0.2) is 0 Å². The zero-order chi connectivity index (χ0) is 11.1. The summed E-state index contributed by atoms with van der Waals surface area (Å²) in [7, 11) is 1.71. The summed E-state index contributed by atoms with van der Waals surface area (Å²) in [6, 6.07) is 8.08. The van der Waals surface area contributed by atoms with Crippen LogP contribution in [0.1, 0.15) is 25.0 Å². The number of hydrogen-bond acceptors (Lipinski definition) is 3. The van der Waals surface area contributed by atoms with Crippen LogP contribution in [0, 0.1) is 0 Å². The highest BCUT2D eigenvalue weighted by Crippen LogP contribution is 2.22. The predicted molar refractivity (Wildman–Crippen MR) is 64.3 cm³/mol. The third-order valence-electron chi connectivity index (χ3n) is 2.21. The highest BCUT2D eigenvalue weighted by Gasteiger charge is 2.03. The van der Waals surface area contributed by atoms with E-state index in [1.54, 1.807) is 18.9 Å². The van der Waals surface area contributed by atoms with Crippen molar-refractivity contribution in [1.82, 2.24) is 0 Å². The van der Waals surface area contributed by atoms with E-state index < -0.39 is 0 Å². The van der Waals surface area contributed by atoms with Crippen LogP contribution in [-0.4, -0.2) is 24.6 Å². The van der Waals surface area contributed by atoms with Gasteiger partial charge in [-0.3, -0.25) is 0 Å². The van der Waals surface area contributed by atoms with E-state index in [4.69, 9.17) is 4.74 Å². The molecule has 1 N–H and O–H groups in total. The summed E-state index contributed by atoms with van der Waals surface area (Å²) in [6.07, 6.45) is 0.430. The van der Waals surface area contributed by atoms with Gasteiger partial charge in [0.1, 0.15) is 0 Å². The Kier molecular flexibility index (Phi) is 5.76. The Hall–Kier alpha value is -0.510. The zero-order valence-corrected chi connectivity index (χ0v) is 10.1. The highest BCUT2D eigenvalue weighted by atomic mass is 32.2. The average Bonchev–Trinajstić information content (AvgIpc) is 2.29. The molecule has 0 bridgehead atoms. The third kappa shape index (κ3) is 4.24. The molecule has 3 heteroatoms. The molecule has 1 aromatic carbocycles. The lowest BCUT2D eigenvalue weighted by Gasteiger charge is -2.08. The van der Waals surface area contributed by atoms with Gasteiger partial charge in [0.05, 0.1) is 12.7 Å². The molecule has 0 unspecified atom stereocenters. The van der Waals surface area contributed by atoms with Gasteiger partial charge >= 0.3 is 0 Å². The van der Waals surface area contributed by atoms with E-state index in [0.717, 1.165) is 24.3 Å². The Morgan fingerprint density at radius 2 is 2.00 bits per heavy atom. The van der Waals surface area contributed by atoms with Crippen molar-refractivity contribution in [2.75, 3.05) is 19.5 Å². The van der Waals surface area contributed by atoms with Crippen molar-refractivity contribution in [1.29, 1.82) is 0 Å². The lowest BCUT2D eigenvalue weighted by atomic mass is 10.1. The molecule has 2 nitrogen and oxygen atoms in total. The fraction of sp³-hybridized carbons (Fsp3) is 0.500. The van der Waals surface area contributed by atoms with Crippen LogP contribution >= 0.6 is 11.8 Å². The van der Waals surface area contributed by atoms with Crippen molar-refractivity contribution in [2.24, 2.45) is 0 Å². The van der Waals surface area contributed by atoms with Crippen molar-refractivity contribution in [2.45, 2.75) is 24.3 Å². The van der Waals surface area contributed by atoms with E-state index in [-0.39, 0.29) is 6.10 Å². The maximum Gasteiger partial charge on any atom is 0.0787 e. The van der Waals surface area contributed by atoms with Crippen LogP contribution in [0.5, 0.6) is 0 Å². The van der Waals surface area contributed by atoms with Crippen LogP contribution in [0.2, 0.25) is 0 Å². The number of aliphatic hydroxyl groups is 1. The van der Waals surface area contributed by atoms with Crippen molar-refractivity contribution in [3.63, 3.8) is 0 Å². The molecule has 0 saturated heterocycles. The molecular weight excluding hydrogens is 208 g/mol. The Morgan fingerprint density at radius 3 is 2.53 bits per heavy atom. The van der Waals surface area contributed by atoms with Gasteiger partial charge in [0.25, 0.3) is 0 Å². The first-order chi connectivity index (χ1) is 7.27. The zero-order valence-electron chi connectivity index (χ0n) is 9.27. The van der Waals surface area contributed by atoms with E-state index in [0.29, 0.717) is 0 Å². The van der Waals surface area contributed by atoms with Crippen molar-refractivity contribution in [3.05, 3.63) is 29.8 Å². The van der Waals surface area contributed by atoms with E-state index >= 15 is 0 Å². The lowest BCUT2D eigenvalue weighted by molar-refractivity contribution is 0.173. The molecule has 0 spiro atoms. The van der Waals surface area contributed by atoms with Crippen molar-refractivity contribution < 1.29 is 9.84 Å². The van der Waals surface area contributed by atoms with Crippen molar-refractivity contribution >= 4 is 11.8 Å². The van der Waals surface area contributed by atoms with Gasteiger partial charge in [0.15, 0.2) is 0 Å². The van der Waals surface area contributed by atoms with Gasteiger partial charge in [-0.05, 0) is 24.1 Å². The molecule has 0 amide bonds. The molecule has 0 heterocycles. The van der Waals surface area contributed by atoms with Gasteiger partial charge in [0, 0.05) is 17.8 Å². The van der Waals surface area contributed by atoms with E-state index in [1.807, 2.05) is 19.1 Å². The van der Waals surface area contributed by atoms with Gasteiger partial charge < -0.3 is 9.84 Å². The van der Waals surface area contributed by atoms with Crippen LogP contribution in [-0.2, 0) is 4.74 Å². The minimum absolute atomic E-state index is 0.331. The summed E-state index contributed by atoms with van der Waals surface area (Å²) in [5.74, 6) is 0.964. The summed E-state index contributed by atoms with van der Waals surface area (Å²) in [6.45, 7) is 2.75. The molecule has 1 atom stereocenters. The van der Waals surface area contributed by atoms with Gasteiger partial charge in [-0.1, -0.05) is 19.1 Å². The fourth-order valence-corrected chi connectivity index (χ4v) is 2.08. The Morgan fingerprint density at radius 1 is 1.33 bits per heavy atom. The summed E-state index contributed by atoms with van der Waals surface area (Å²) < 4.78 is 4.98. The topological polar surface area (TPSA) is 29.5 Å². The summed E-state index contributed by atoms with van der Waals surface area (Å²) in [5.41, 5.74) is 0.994. The third-order valence-corrected chi connectivity index (χ3v) is 3.18. The second-order valence-electron chi connectivity index (χ2n) is 3.33. The Labute approximate surface area is 95.7 Å². The normalized spacial score (nSPS) is 12.7. The number of methoxy groups -OCH3 is 1. The number of ether oxygens (including phenoxy) is 1. The molecule has 0 aliphatic heterocycles. The quantitative estimate of drug-likeness (QED) is 0.597. The largest absolute Gasteiger partial charge is 0.388 e. The number of benzene rings is 1. The molecular formula is C12H18O2S. The molecule has 0 aromatic heterocycles. The lowest BCUT2D eigenvalue weighted by Crippen LogP contribution is -1.95. The number of hydrogen-bond donors (Lipinski definition) is 1. The molecule has 84 valence electrons. The second-order valence-corrected chi connectivity index (χ2v) is 4.50. The first kappa shape index (κ1) is 12.6. The maximum atomic E-state index is 9.61. The smallest absolute Gasteiger partial charge is 0.0787 e. The van der Waals surface area contributed by atoms with Crippen LogP contribution in [0.4, 0.5) is 0 Å². The molecule has 0 aliphatic carbocycles. The first-order valence-corrected chi connectivity index (χ1v) is 6.16. The molecule has 15 heavy (non-hydrogen) atoms. The van der Waals surface area contributed by atoms with Gasteiger partial charge in [-0.2, -0.15) is 0 Å². The second kappa shape index (κ2) is 6.88. The first-order valence-electron chi connectivity index (χ1n) is 5.17. The molecule has 0 fully saturated rings. The Balaban J connectivity index is 2.49. The number of rotatable bonds is 6. The van der Waals surface area contributed by atoms with Crippen molar-refractivity contribution in [3.8, 4) is 0 Å². The van der Waals surface area contributed by atoms with Crippen LogP contribution in [0.25, 0.3) is 0 Å². The van der Waals surface area contributed by atoms with E-state index in [1.165, 1.54) is 4.90 Å². The van der Waals surface area contributed by atoms with Crippen LogP contribution in [0.15, 0.2) is 29.2 Å². The summed E-state index contributed by atoms with van der Waals surface area (Å²) in [5, 5.41) is 9.61. The minimum atomic E-state index is -0.331. The number of aliphatic hydroxyl groups excluding tert-OH is 1. The standard InChI is InChI=1S/C12H18O2S/c1-3-12(13)10-4-6-11(7-5-10)15-9-8-14-2/h4-7,12-13H,3,8-9H2,1-2H3/t12-/m1/s1. The molecule has 0 aliphatic rings. The summed E-state index contributed by atoms with van der Waals surface area (Å²) in [4.78, 5) is 1.22. The van der Waals surface area contributed by atoms with Crippen LogP contribution < -0.4 is 0 Å². The maximum absolute atomic E-state index is 9.61. The molecule has 1 aromatic rings. The minimum Gasteiger partial charge on any atom is -0.388 e. The predicted octanol–water partition coefficient (Wildman–Crippen LogP) is 2.87. The SMILES string of the molecule is CC[C@@H](O)c1ccc(SCCOC)cc1. The van der Waals surface area contributed by atoms with E-state index in [2.05, 4.69) is 12.1 Å². The van der Waals surface area contributed by atoms with Gasteiger partial charge in [0.2, 0.25) is 0 Å². The summed E-state index contributed by atoms with van der Waals surface area (Å²) >= 11 is 1.77. The number of thioether (sulfide) groups is 1. The van der Waals surface area contributed by atoms with E-state index in [9.17, 15) is 5.11 Å². The Bertz CT molecular complexity index is 271. The highest BCUT2D eigenvalue weighted by molar-refractivity contribution is 7.99. The van der Waals surface area contributed by atoms with Gasteiger partial charge in [-0.15, -0.1) is 11.8 Å². The van der Waals surface area contributed by atoms with Crippen LogP contribution in [0.3, 0.4) is 0 Å². The average molecular weight is 226 g/mol. The molecule has 0 radical (unpaired) electrons.